The molecule has 0 aromatic heterocycles. The number of rotatable bonds is 9. The molecule has 0 spiro atoms. The van der Waals surface area contributed by atoms with Crippen molar-refractivity contribution in [3.63, 3.8) is 0 Å². The number of benzene rings is 2. The second kappa shape index (κ2) is 9.70. The number of ether oxygens (including phenoxy) is 1. The maximum absolute atomic E-state index is 12.7. The first-order valence-corrected chi connectivity index (χ1v) is 11.5. The van der Waals surface area contributed by atoms with E-state index in [2.05, 4.69) is 29.8 Å². The molecule has 1 atom stereocenters. The smallest absolute Gasteiger partial charge is 0.362 e. The van der Waals surface area contributed by atoms with Gasteiger partial charge in [-0.05, 0) is 48.1 Å². The van der Waals surface area contributed by atoms with Gasteiger partial charge in [0.15, 0.2) is 0 Å². The minimum Gasteiger partial charge on any atom is -0.493 e. The molecule has 6 heteroatoms. The Morgan fingerprint density at radius 2 is 1.77 bits per heavy atom. The van der Waals surface area contributed by atoms with Crippen LogP contribution >= 0.6 is 23.5 Å². The lowest BCUT2D eigenvalue weighted by molar-refractivity contribution is 0.276. The molecular formula is C20H26BrO4P. The predicted molar refractivity (Wildman–Crippen MR) is 111 cm³/mol. The van der Waals surface area contributed by atoms with Crippen LogP contribution < -0.4 is 10.0 Å². The van der Waals surface area contributed by atoms with E-state index in [4.69, 9.17) is 9.26 Å². The Labute approximate surface area is 164 Å². The third kappa shape index (κ3) is 5.68. The molecule has 26 heavy (non-hydrogen) atoms. The van der Waals surface area contributed by atoms with Crippen molar-refractivity contribution in [1.29, 1.82) is 0 Å². The molecule has 0 heterocycles. The van der Waals surface area contributed by atoms with E-state index in [-0.39, 0.29) is 11.9 Å². The highest BCUT2D eigenvalue weighted by Gasteiger charge is 2.27. The van der Waals surface area contributed by atoms with Gasteiger partial charge >= 0.3 is 7.60 Å². The third-order valence-corrected chi connectivity index (χ3v) is 6.18. The molecule has 0 fully saturated rings. The van der Waals surface area contributed by atoms with E-state index < -0.39 is 7.60 Å². The number of hydrogen-bond donors (Lipinski definition) is 1. The average molecular weight is 441 g/mol. The van der Waals surface area contributed by atoms with Gasteiger partial charge in [0.2, 0.25) is 0 Å². The average Bonchev–Trinajstić information content (AvgIpc) is 2.61. The molecule has 142 valence electrons. The van der Waals surface area contributed by atoms with E-state index in [1.54, 1.807) is 19.1 Å². The Hall–Kier alpha value is -1.13. The molecule has 2 aromatic rings. The molecule has 0 amide bonds. The predicted octanol–water partition coefficient (Wildman–Crippen LogP) is 5.52. The van der Waals surface area contributed by atoms with Crippen LogP contribution in [-0.4, -0.2) is 18.1 Å². The molecule has 4 nitrogen and oxygen atoms in total. The van der Waals surface area contributed by atoms with E-state index in [1.807, 2.05) is 30.3 Å². The molecule has 0 saturated carbocycles. The molecular weight excluding hydrogens is 415 g/mol. The quantitative estimate of drug-likeness (QED) is 0.411. The third-order valence-electron chi connectivity index (χ3n) is 3.96. The zero-order chi connectivity index (χ0) is 19.2. The first-order chi connectivity index (χ1) is 12.4. The maximum Gasteiger partial charge on any atom is 0.362 e. The van der Waals surface area contributed by atoms with Gasteiger partial charge in [0.05, 0.1) is 13.2 Å². The fourth-order valence-corrected chi connectivity index (χ4v) is 4.06. The highest BCUT2D eigenvalue weighted by atomic mass is 79.9. The van der Waals surface area contributed by atoms with Gasteiger partial charge < -0.3 is 14.2 Å². The van der Waals surface area contributed by atoms with Crippen LogP contribution in [0.25, 0.3) is 11.1 Å². The van der Waals surface area contributed by atoms with Crippen LogP contribution in [0.4, 0.5) is 0 Å². The van der Waals surface area contributed by atoms with E-state index >= 15 is 0 Å². The zero-order valence-electron chi connectivity index (χ0n) is 15.4. The summed E-state index contributed by atoms with van der Waals surface area (Å²) in [6.45, 7) is 6.58. The SMILES string of the molecule is CCOP(=O)(O)c1cc(-c2ccc(CBr)cc2)ccc1OCCC(C)C. The molecule has 2 rings (SSSR count). The van der Waals surface area contributed by atoms with Crippen LogP contribution in [0.15, 0.2) is 42.5 Å². The minimum atomic E-state index is -3.94. The maximum atomic E-state index is 12.7. The largest absolute Gasteiger partial charge is 0.493 e. The highest BCUT2D eigenvalue weighted by Crippen LogP contribution is 2.44. The van der Waals surface area contributed by atoms with Crippen molar-refractivity contribution >= 4 is 28.8 Å². The number of alkyl halides is 1. The summed E-state index contributed by atoms with van der Waals surface area (Å²) in [6, 6.07) is 13.4. The van der Waals surface area contributed by atoms with Crippen LogP contribution in [0.2, 0.25) is 0 Å². The van der Waals surface area contributed by atoms with E-state index in [0.29, 0.717) is 18.3 Å². The normalized spacial score (nSPS) is 13.6. The van der Waals surface area contributed by atoms with Crippen LogP contribution in [0.5, 0.6) is 5.75 Å². The lowest BCUT2D eigenvalue weighted by Crippen LogP contribution is -2.14. The van der Waals surface area contributed by atoms with Crippen molar-refractivity contribution in [2.75, 3.05) is 13.2 Å². The lowest BCUT2D eigenvalue weighted by atomic mass is 10.0. The summed E-state index contributed by atoms with van der Waals surface area (Å²) >= 11 is 3.43. The summed E-state index contributed by atoms with van der Waals surface area (Å²) < 4.78 is 23.6. The molecule has 1 N–H and O–H groups in total. The number of halogens is 1. The Morgan fingerprint density at radius 1 is 1.12 bits per heavy atom. The van der Waals surface area contributed by atoms with E-state index in [1.165, 1.54) is 5.56 Å². The van der Waals surface area contributed by atoms with Crippen molar-refractivity contribution in [3.8, 4) is 16.9 Å². The van der Waals surface area contributed by atoms with Gasteiger partial charge in [-0.15, -0.1) is 0 Å². The van der Waals surface area contributed by atoms with Gasteiger partial charge in [-0.2, -0.15) is 0 Å². The minimum absolute atomic E-state index is 0.156. The fraction of sp³-hybridized carbons (Fsp3) is 0.400. The van der Waals surface area contributed by atoms with Crippen molar-refractivity contribution in [2.24, 2.45) is 5.92 Å². The van der Waals surface area contributed by atoms with Gasteiger partial charge in [-0.1, -0.05) is 60.1 Å². The summed E-state index contributed by atoms with van der Waals surface area (Å²) in [5, 5.41) is 1.00. The van der Waals surface area contributed by atoms with Crippen LogP contribution in [-0.2, 0) is 14.4 Å². The Morgan fingerprint density at radius 3 is 2.35 bits per heavy atom. The Bertz CT molecular complexity index is 759. The van der Waals surface area contributed by atoms with Gasteiger partial charge in [-0.3, -0.25) is 4.57 Å². The molecule has 0 saturated heterocycles. The molecule has 0 bridgehead atoms. The van der Waals surface area contributed by atoms with Gasteiger partial charge in [0.25, 0.3) is 0 Å². The molecule has 2 aromatic carbocycles. The van der Waals surface area contributed by atoms with Crippen LogP contribution in [0.1, 0.15) is 32.8 Å². The van der Waals surface area contributed by atoms with Crippen molar-refractivity contribution in [3.05, 3.63) is 48.0 Å². The highest BCUT2D eigenvalue weighted by molar-refractivity contribution is 9.08. The van der Waals surface area contributed by atoms with Gasteiger partial charge in [0, 0.05) is 5.33 Å². The molecule has 0 aliphatic rings. The second-order valence-electron chi connectivity index (χ2n) is 6.48. The fourth-order valence-electron chi connectivity index (χ4n) is 2.48. The summed E-state index contributed by atoms with van der Waals surface area (Å²) in [7, 11) is -3.94. The molecule has 0 radical (unpaired) electrons. The van der Waals surface area contributed by atoms with E-state index in [0.717, 1.165) is 22.9 Å². The van der Waals surface area contributed by atoms with Crippen LogP contribution in [0, 0.1) is 5.92 Å². The summed E-state index contributed by atoms with van der Waals surface area (Å²) in [5.74, 6) is 0.907. The Balaban J connectivity index is 2.38. The zero-order valence-corrected chi connectivity index (χ0v) is 17.9. The molecule has 0 aliphatic carbocycles. The Kier molecular flexibility index (Phi) is 7.90. The standard InChI is InChI=1S/C20H26BrO4P/c1-4-25-26(22,23)20-13-18(17-7-5-16(14-21)6-8-17)9-10-19(20)24-12-11-15(2)3/h5-10,13,15H,4,11-12,14H2,1-3H3,(H,22,23). The molecule has 0 aliphatic heterocycles. The van der Waals surface area contributed by atoms with Crippen molar-refractivity contribution in [1.82, 2.24) is 0 Å². The van der Waals surface area contributed by atoms with Crippen molar-refractivity contribution < 1.29 is 18.7 Å². The molecule has 1 unspecified atom stereocenters. The topological polar surface area (TPSA) is 55.8 Å². The second-order valence-corrected chi connectivity index (χ2v) is 8.82. The van der Waals surface area contributed by atoms with Gasteiger partial charge in [0.1, 0.15) is 11.1 Å². The van der Waals surface area contributed by atoms with Gasteiger partial charge in [-0.25, -0.2) is 0 Å². The first-order valence-electron chi connectivity index (χ1n) is 8.77. The van der Waals surface area contributed by atoms with E-state index in [9.17, 15) is 9.46 Å². The lowest BCUT2D eigenvalue weighted by Gasteiger charge is -2.18. The first kappa shape index (κ1) is 21.2. The summed E-state index contributed by atoms with van der Waals surface area (Å²) in [5.41, 5.74) is 3.00. The van der Waals surface area contributed by atoms with Crippen LogP contribution in [0.3, 0.4) is 0 Å². The summed E-state index contributed by atoms with van der Waals surface area (Å²) in [6.07, 6.45) is 0.875. The monoisotopic (exact) mass is 440 g/mol. The number of hydrogen-bond acceptors (Lipinski definition) is 3. The summed E-state index contributed by atoms with van der Waals surface area (Å²) in [4.78, 5) is 10.4. The van der Waals surface area contributed by atoms with Crippen molar-refractivity contribution in [2.45, 2.75) is 32.5 Å².